The van der Waals surface area contributed by atoms with Gasteiger partial charge in [-0.15, -0.1) is 0 Å². The Labute approximate surface area is 88.8 Å². The molecule has 15 heavy (non-hydrogen) atoms. The lowest BCUT2D eigenvalue weighted by Gasteiger charge is -2.18. The lowest BCUT2D eigenvalue weighted by atomic mass is 9.93. The van der Waals surface area contributed by atoms with Gasteiger partial charge in [-0.2, -0.15) is 0 Å². The third kappa shape index (κ3) is 2.78. The highest BCUT2D eigenvalue weighted by Crippen LogP contribution is 2.26. The normalized spacial score (nSPS) is 12.3. The van der Waals surface area contributed by atoms with E-state index in [4.69, 9.17) is 0 Å². The minimum Gasteiger partial charge on any atom is -0.391 e. The maximum atomic E-state index is 13.0. The van der Waals surface area contributed by atoms with Crippen LogP contribution in [0.4, 0.5) is 8.78 Å². The summed E-state index contributed by atoms with van der Waals surface area (Å²) < 4.78 is 26.0. The fourth-order valence-electron chi connectivity index (χ4n) is 1.63. The number of hydrogen-bond acceptors (Lipinski definition) is 1. The van der Waals surface area contributed by atoms with E-state index in [1.54, 1.807) is 7.05 Å². The second-order valence-corrected chi connectivity index (χ2v) is 3.44. The summed E-state index contributed by atoms with van der Waals surface area (Å²) in [6, 6.07) is 3.57. The largest absolute Gasteiger partial charge is 0.391 e. The molecule has 0 aromatic heterocycles. The fraction of sp³-hybridized carbons (Fsp3) is 0.333. The third-order valence-corrected chi connectivity index (χ3v) is 2.44. The van der Waals surface area contributed by atoms with Crippen molar-refractivity contribution in [2.75, 3.05) is 7.05 Å². The predicted molar refractivity (Wildman–Crippen MR) is 57.6 cm³/mol. The molecule has 0 fully saturated rings. The van der Waals surface area contributed by atoms with Gasteiger partial charge in [0.15, 0.2) is 0 Å². The highest BCUT2D eigenvalue weighted by molar-refractivity contribution is 5.28. The van der Waals surface area contributed by atoms with Gasteiger partial charge in [-0.25, -0.2) is 8.78 Å². The fourth-order valence-corrected chi connectivity index (χ4v) is 1.63. The van der Waals surface area contributed by atoms with Crippen LogP contribution in [0.2, 0.25) is 0 Å². The Kier molecular flexibility index (Phi) is 3.83. The van der Waals surface area contributed by atoms with Crippen LogP contribution in [-0.4, -0.2) is 7.05 Å². The lowest BCUT2D eigenvalue weighted by molar-refractivity contribution is 0.573. The SMILES string of the molecule is C=C(NC)C(CC)c1cc(F)cc(F)c1. The zero-order valence-electron chi connectivity index (χ0n) is 8.98. The van der Waals surface area contributed by atoms with Crippen LogP contribution >= 0.6 is 0 Å². The molecule has 0 saturated heterocycles. The van der Waals surface area contributed by atoms with E-state index in [1.165, 1.54) is 12.1 Å². The molecular formula is C12H15F2N. The molecule has 1 N–H and O–H groups in total. The van der Waals surface area contributed by atoms with Crippen LogP contribution in [0.25, 0.3) is 0 Å². The van der Waals surface area contributed by atoms with Crippen LogP contribution in [0.15, 0.2) is 30.5 Å². The summed E-state index contributed by atoms with van der Waals surface area (Å²) in [7, 11) is 1.75. The van der Waals surface area contributed by atoms with E-state index in [2.05, 4.69) is 11.9 Å². The number of allylic oxidation sites excluding steroid dienone is 1. The lowest BCUT2D eigenvalue weighted by Crippen LogP contribution is -2.13. The monoisotopic (exact) mass is 211 g/mol. The molecule has 1 unspecified atom stereocenters. The maximum Gasteiger partial charge on any atom is 0.126 e. The quantitative estimate of drug-likeness (QED) is 0.806. The zero-order valence-corrected chi connectivity index (χ0v) is 8.98. The second kappa shape index (κ2) is 4.91. The van der Waals surface area contributed by atoms with Crippen LogP contribution < -0.4 is 5.32 Å². The van der Waals surface area contributed by atoms with Crippen LogP contribution in [0.1, 0.15) is 24.8 Å². The summed E-state index contributed by atoms with van der Waals surface area (Å²) in [5, 5.41) is 2.91. The van der Waals surface area contributed by atoms with Gasteiger partial charge in [-0.3, -0.25) is 0 Å². The van der Waals surface area contributed by atoms with Crippen molar-refractivity contribution >= 4 is 0 Å². The van der Waals surface area contributed by atoms with E-state index in [1.807, 2.05) is 6.92 Å². The number of nitrogens with one attached hydrogen (secondary N) is 1. The molecule has 0 aliphatic rings. The highest BCUT2D eigenvalue weighted by Gasteiger charge is 2.14. The van der Waals surface area contributed by atoms with Crippen molar-refractivity contribution in [3.8, 4) is 0 Å². The highest BCUT2D eigenvalue weighted by atomic mass is 19.1. The molecule has 1 atom stereocenters. The standard InChI is InChI=1S/C12H15F2N/c1-4-12(8(2)15-3)9-5-10(13)7-11(14)6-9/h5-7,12,15H,2,4H2,1,3H3. The number of likely N-dealkylation sites (N-methyl/N-ethyl adjacent to an activating group) is 1. The van der Waals surface area contributed by atoms with Gasteiger partial charge in [-0.05, 0) is 24.1 Å². The molecule has 82 valence electrons. The van der Waals surface area contributed by atoms with Gasteiger partial charge in [0.25, 0.3) is 0 Å². The summed E-state index contributed by atoms with van der Waals surface area (Å²) in [6.45, 7) is 5.78. The first-order chi connectivity index (χ1) is 7.08. The van der Waals surface area contributed by atoms with Gasteiger partial charge in [0.1, 0.15) is 11.6 Å². The summed E-state index contributed by atoms with van der Waals surface area (Å²) in [4.78, 5) is 0. The van der Waals surface area contributed by atoms with E-state index >= 15 is 0 Å². The van der Waals surface area contributed by atoms with Crippen molar-refractivity contribution in [1.29, 1.82) is 0 Å². The van der Waals surface area contributed by atoms with Gasteiger partial charge >= 0.3 is 0 Å². The van der Waals surface area contributed by atoms with E-state index in [-0.39, 0.29) is 5.92 Å². The second-order valence-electron chi connectivity index (χ2n) is 3.44. The summed E-state index contributed by atoms with van der Waals surface area (Å²) in [5.74, 6) is -1.15. The zero-order chi connectivity index (χ0) is 11.4. The Morgan fingerprint density at radius 1 is 1.33 bits per heavy atom. The first kappa shape index (κ1) is 11.7. The van der Waals surface area contributed by atoms with Crippen LogP contribution in [0, 0.1) is 11.6 Å². The van der Waals surface area contributed by atoms with E-state index in [0.717, 1.165) is 18.2 Å². The molecule has 1 rings (SSSR count). The van der Waals surface area contributed by atoms with Crippen molar-refractivity contribution in [3.05, 3.63) is 47.7 Å². The van der Waals surface area contributed by atoms with Crippen molar-refractivity contribution < 1.29 is 8.78 Å². The number of benzene rings is 1. The molecule has 0 radical (unpaired) electrons. The molecule has 1 aromatic carbocycles. The average molecular weight is 211 g/mol. The van der Waals surface area contributed by atoms with Crippen LogP contribution in [0.3, 0.4) is 0 Å². The Hall–Kier alpha value is -1.38. The first-order valence-electron chi connectivity index (χ1n) is 4.91. The Morgan fingerprint density at radius 3 is 2.27 bits per heavy atom. The molecule has 0 heterocycles. The predicted octanol–water partition coefficient (Wildman–Crippen LogP) is 3.19. The summed E-state index contributed by atoms with van der Waals surface area (Å²) >= 11 is 0. The minimum atomic E-state index is -0.549. The molecule has 0 bridgehead atoms. The molecule has 0 saturated carbocycles. The van der Waals surface area contributed by atoms with E-state index < -0.39 is 11.6 Å². The molecule has 0 aliphatic heterocycles. The van der Waals surface area contributed by atoms with Crippen LogP contribution in [-0.2, 0) is 0 Å². The van der Waals surface area contributed by atoms with Gasteiger partial charge in [0, 0.05) is 24.7 Å². The van der Waals surface area contributed by atoms with Gasteiger partial charge < -0.3 is 5.32 Å². The molecule has 3 heteroatoms. The van der Waals surface area contributed by atoms with Crippen molar-refractivity contribution in [3.63, 3.8) is 0 Å². The number of rotatable bonds is 4. The van der Waals surface area contributed by atoms with E-state index in [9.17, 15) is 8.78 Å². The van der Waals surface area contributed by atoms with Crippen LogP contribution in [0.5, 0.6) is 0 Å². The smallest absolute Gasteiger partial charge is 0.126 e. The molecule has 0 spiro atoms. The topological polar surface area (TPSA) is 12.0 Å². The minimum absolute atomic E-state index is 0.0554. The molecule has 1 aromatic rings. The van der Waals surface area contributed by atoms with Gasteiger partial charge in [0.2, 0.25) is 0 Å². The molecule has 0 amide bonds. The van der Waals surface area contributed by atoms with Crippen molar-refractivity contribution in [2.45, 2.75) is 19.3 Å². The Balaban J connectivity index is 3.06. The molecule has 1 nitrogen and oxygen atoms in total. The summed E-state index contributed by atoms with van der Waals surface area (Å²) in [6.07, 6.45) is 0.753. The summed E-state index contributed by atoms with van der Waals surface area (Å²) in [5.41, 5.74) is 1.39. The average Bonchev–Trinajstić information content (AvgIpc) is 2.17. The molecular weight excluding hydrogens is 196 g/mol. The van der Waals surface area contributed by atoms with Crippen molar-refractivity contribution in [1.82, 2.24) is 5.32 Å². The maximum absolute atomic E-state index is 13.0. The van der Waals surface area contributed by atoms with Crippen molar-refractivity contribution in [2.24, 2.45) is 0 Å². The van der Waals surface area contributed by atoms with Gasteiger partial charge in [0.05, 0.1) is 0 Å². The third-order valence-electron chi connectivity index (χ3n) is 2.44. The number of halogens is 2. The molecule has 0 aliphatic carbocycles. The Morgan fingerprint density at radius 2 is 1.87 bits per heavy atom. The van der Waals surface area contributed by atoms with Gasteiger partial charge in [-0.1, -0.05) is 13.5 Å². The number of hydrogen-bond donors (Lipinski definition) is 1. The Bertz CT molecular complexity index is 340. The first-order valence-corrected chi connectivity index (χ1v) is 4.91. The van der Waals surface area contributed by atoms with E-state index in [0.29, 0.717) is 5.56 Å².